The van der Waals surface area contributed by atoms with Crippen molar-refractivity contribution in [2.75, 3.05) is 6.61 Å². The SMILES string of the molecule is CCOC(=O)C(C)OS(=O)(=O)Cc1ccccc1. The van der Waals surface area contributed by atoms with E-state index in [-0.39, 0.29) is 12.4 Å². The monoisotopic (exact) mass is 272 g/mol. The van der Waals surface area contributed by atoms with Crippen molar-refractivity contribution in [2.24, 2.45) is 0 Å². The molecule has 0 aromatic heterocycles. The molecule has 0 bridgehead atoms. The van der Waals surface area contributed by atoms with Crippen LogP contribution in [0.4, 0.5) is 0 Å². The number of carbonyl (C=O) groups excluding carboxylic acids is 1. The van der Waals surface area contributed by atoms with Crippen LogP contribution in [0.2, 0.25) is 0 Å². The third-order valence-corrected chi connectivity index (χ3v) is 3.36. The van der Waals surface area contributed by atoms with Crippen molar-refractivity contribution in [1.29, 1.82) is 0 Å². The summed E-state index contributed by atoms with van der Waals surface area (Å²) in [6, 6.07) is 8.61. The second-order valence-electron chi connectivity index (χ2n) is 3.68. The van der Waals surface area contributed by atoms with Crippen LogP contribution in [0, 0.1) is 0 Å². The van der Waals surface area contributed by atoms with Gasteiger partial charge >= 0.3 is 5.97 Å². The number of esters is 1. The largest absolute Gasteiger partial charge is 0.464 e. The van der Waals surface area contributed by atoms with Gasteiger partial charge in [-0.25, -0.2) is 4.79 Å². The highest BCUT2D eigenvalue weighted by Gasteiger charge is 2.23. The second-order valence-corrected chi connectivity index (χ2v) is 5.27. The number of carbonyl (C=O) groups is 1. The molecular weight excluding hydrogens is 256 g/mol. The van der Waals surface area contributed by atoms with E-state index in [4.69, 9.17) is 4.18 Å². The zero-order valence-electron chi connectivity index (χ0n) is 10.3. The minimum Gasteiger partial charge on any atom is -0.464 e. The van der Waals surface area contributed by atoms with Crippen LogP contribution in [0.5, 0.6) is 0 Å². The van der Waals surface area contributed by atoms with Gasteiger partial charge < -0.3 is 4.74 Å². The third kappa shape index (κ3) is 4.85. The van der Waals surface area contributed by atoms with Crippen molar-refractivity contribution >= 4 is 16.1 Å². The first kappa shape index (κ1) is 14.7. The molecule has 0 amide bonds. The summed E-state index contributed by atoms with van der Waals surface area (Å²) >= 11 is 0. The van der Waals surface area contributed by atoms with E-state index in [1.165, 1.54) is 6.92 Å². The van der Waals surface area contributed by atoms with Gasteiger partial charge in [0.1, 0.15) is 5.75 Å². The van der Waals surface area contributed by atoms with Crippen molar-refractivity contribution in [2.45, 2.75) is 25.7 Å². The van der Waals surface area contributed by atoms with Gasteiger partial charge in [0.25, 0.3) is 10.1 Å². The van der Waals surface area contributed by atoms with E-state index in [1.54, 1.807) is 37.3 Å². The lowest BCUT2D eigenvalue weighted by Crippen LogP contribution is -2.27. The zero-order chi connectivity index (χ0) is 13.6. The highest BCUT2D eigenvalue weighted by molar-refractivity contribution is 7.85. The summed E-state index contributed by atoms with van der Waals surface area (Å²) < 4.78 is 32.8. The molecule has 6 heteroatoms. The maximum Gasteiger partial charge on any atom is 0.336 e. The highest BCUT2D eigenvalue weighted by Crippen LogP contribution is 2.10. The van der Waals surface area contributed by atoms with Crippen molar-refractivity contribution in [3.63, 3.8) is 0 Å². The molecule has 100 valence electrons. The fourth-order valence-electron chi connectivity index (χ4n) is 1.33. The molecule has 0 spiro atoms. The zero-order valence-corrected chi connectivity index (χ0v) is 11.1. The Balaban J connectivity index is 2.63. The lowest BCUT2D eigenvalue weighted by atomic mass is 10.2. The Hall–Kier alpha value is -1.40. The molecule has 0 fully saturated rings. The van der Waals surface area contributed by atoms with E-state index in [0.29, 0.717) is 5.56 Å². The summed E-state index contributed by atoms with van der Waals surface area (Å²) in [7, 11) is -3.80. The molecule has 0 radical (unpaired) electrons. The molecule has 0 heterocycles. The smallest absolute Gasteiger partial charge is 0.336 e. The molecule has 5 nitrogen and oxygen atoms in total. The molecule has 1 rings (SSSR count). The second kappa shape index (κ2) is 6.51. The van der Waals surface area contributed by atoms with E-state index < -0.39 is 22.2 Å². The Morgan fingerprint density at radius 3 is 2.44 bits per heavy atom. The van der Waals surface area contributed by atoms with Crippen LogP contribution in [0.3, 0.4) is 0 Å². The van der Waals surface area contributed by atoms with Crippen LogP contribution in [0.1, 0.15) is 19.4 Å². The lowest BCUT2D eigenvalue weighted by Gasteiger charge is -2.11. The molecule has 0 aliphatic rings. The Bertz CT molecular complexity index is 480. The van der Waals surface area contributed by atoms with Crippen molar-refractivity contribution < 1.29 is 22.1 Å². The molecule has 0 aliphatic carbocycles. The van der Waals surface area contributed by atoms with Crippen LogP contribution in [0.15, 0.2) is 30.3 Å². The molecule has 1 aromatic carbocycles. The van der Waals surface area contributed by atoms with Crippen molar-refractivity contribution in [1.82, 2.24) is 0 Å². The van der Waals surface area contributed by atoms with Gasteiger partial charge in [0.05, 0.1) is 6.61 Å². The predicted molar refractivity (Wildman–Crippen MR) is 66.2 cm³/mol. The average Bonchev–Trinajstić information content (AvgIpc) is 2.29. The van der Waals surface area contributed by atoms with Crippen LogP contribution in [-0.4, -0.2) is 27.1 Å². The molecule has 1 aromatic rings. The first-order valence-electron chi connectivity index (χ1n) is 5.56. The summed E-state index contributed by atoms with van der Waals surface area (Å²) in [6.45, 7) is 3.18. The van der Waals surface area contributed by atoms with Crippen molar-refractivity contribution in [3.8, 4) is 0 Å². The molecule has 0 saturated carbocycles. The number of hydrogen-bond donors (Lipinski definition) is 0. The maximum atomic E-state index is 11.7. The normalized spacial score (nSPS) is 13.0. The van der Waals surface area contributed by atoms with Gasteiger partial charge in [-0.15, -0.1) is 0 Å². The van der Waals surface area contributed by atoms with Gasteiger partial charge in [0.15, 0.2) is 6.10 Å². The molecular formula is C12H16O5S. The van der Waals surface area contributed by atoms with E-state index >= 15 is 0 Å². The Labute approximate surface area is 107 Å². The molecule has 1 atom stereocenters. The van der Waals surface area contributed by atoms with Crippen molar-refractivity contribution in [3.05, 3.63) is 35.9 Å². The van der Waals surface area contributed by atoms with Crippen LogP contribution in [-0.2, 0) is 29.6 Å². The van der Waals surface area contributed by atoms with Gasteiger partial charge in [0, 0.05) is 0 Å². The van der Waals surface area contributed by atoms with E-state index in [2.05, 4.69) is 4.74 Å². The van der Waals surface area contributed by atoms with E-state index in [0.717, 1.165) is 0 Å². The first-order valence-corrected chi connectivity index (χ1v) is 7.14. The van der Waals surface area contributed by atoms with E-state index in [1.807, 2.05) is 0 Å². The summed E-state index contributed by atoms with van der Waals surface area (Å²) in [5.74, 6) is -0.952. The standard InChI is InChI=1S/C12H16O5S/c1-3-16-12(13)10(2)17-18(14,15)9-11-7-5-4-6-8-11/h4-8,10H,3,9H2,1-2H3. The first-order chi connectivity index (χ1) is 8.44. The highest BCUT2D eigenvalue weighted by atomic mass is 32.2. The maximum absolute atomic E-state index is 11.7. The van der Waals surface area contributed by atoms with Gasteiger partial charge in [0.2, 0.25) is 0 Å². The summed E-state index contributed by atoms with van der Waals surface area (Å²) in [6.07, 6.45) is -1.13. The molecule has 18 heavy (non-hydrogen) atoms. The lowest BCUT2D eigenvalue weighted by molar-refractivity contribution is -0.150. The van der Waals surface area contributed by atoms with Crippen LogP contribution < -0.4 is 0 Å². The average molecular weight is 272 g/mol. The molecule has 1 unspecified atom stereocenters. The topological polar surface area (TPSA) is 69.7 Å². The summed E-state index contributed by atoms with van der Waals surface area (Å²) in [4.78, 5) is 11.3. The molecule has 0 saturated heterocycles. The fourth-order valence-corrected chi connectivity index (χ4v) is 2.52. The third-order valence-electron chi connectivity index (χ3n) is 2.10. The summed E-state index contributed by atoms with van der Waals surface area (Å²) in [5.41, 5.74) is 0.605. The molecule has 0 N–H and O–H groups in total. The fraction of sp³-hybridized carbons (Fsp3) is 0.417. The number of hydrogen-bond acceptors (Lipinski definition) is 5. The summed E-state index contributed by atoms with van der Waals surface area (Å²) in [5, 5.41) is 0. The molecule has 0 aliphatic heterocycles. The van der Waals surface area contributed by atoms with E-state index in [9.17, 15) is 13.2 Å². The van der Waals surface area contributed by atoms with Gasteiger partial charge in [-0.2, -0.15) is 8.42 Å². The Kier molecular flexibility index (Phi) is 5.30. The van der Waals surface area contributed by atoms with Gasteiger partial charge in [-0.1, -0.05) is 30.3 Å². The van der Waals surface area contributed by atoms with Gasteiger partial charge in [-0.3, -0.25) is 4.18 Å². The quantitative estimate of drug-likeness (QED) is 0.579. The minimum atomic E-state index is -3.80. The van der Waals surface area contributed by atoms with Crippen LogP contribution in [0.25, 0.3) is 0 Å². The Morgan fingerprint density at radius 2 is 1.89 bits per heavy atom. The van der Waals surface area contributed by atoms with Gasteiger partial charge in [-0.05, 0) is 19.4 Å². The number of ether oxygens (including phenoxy) is 1. The number of benzene rings is 1. The minimum absolute atomic E-state index is 0.186. The Morgan fingerprint density at radius 1 is 1.28 bits per heavy atom. The number of rotatable bonds is 6. The predicted octanol–water partition coefficient (Wildman–Crippen LogP) is 1.48. The van der Waals surface area contributed by atoms with Crippen LogP contribution >= 0.6 is 0 Å².